The molecule has 0 unspecified atom stereocenters. The van der Waals surface area contributed by atoms with Crippen LogP contribution in [0, 0.1) is 0 Å². The third kappa shape index (κ3) is 6.53. The zero-order valence-electron chi connectivity index (χ0n) is 25.4. The van der Waals surface area contributed by atoms with Crippen LogP contribution in [0.2, 0.25) is 10.0 Å². The van der Waals surface area contributed by atoms with E-state index in [1.165, 1.54) is 28.0 Å². The molecule has 7 rings (SSSR count). The Morgan fingerprint density at radius 3 is 2.67 bits per heavy atom. The molecule has 0 radical (unpaired) electrons. The summed E-state index contributed by atoms with van der Waals surface area (Å²) in [5.41, 5.74) is 3.70. The minimum Gasteiger partial charge on any atom is -0.507 e. The number of Topliss-reactive ketones (excluding diaryl/α,β-unsaturated/α-hetero) is 1. The van der Waals surface area contributed by atoms with Crippen molar-refractivity contribution < 1.29 is 24.2 Å². The van der Waals surface area contributed by atoms with Crippen LogP contribution >= 0.6 is 46.3 Å². The van der Waals surface area contributed by atoms with E-state index in [0.29, 0.717) is 50.0 Å². The van der Waals surface area contributed by atoms with Crippen molar-refractivity contribution >= 4 is 68.9 Å². The van der Waals surface area contributed by atoms with Crippen molar-refractivity contribution in [1.82, 2.24) is 10.2 Å². The zero-order chi connectivity index (χ0) is 33.4. The smallest absolute Gasteiger partial charge is 0.301 e. The molecule has 242 valence electrons. The van der Waals surface area contributed by atoms with Crippen molar-refractivity contribution in [3.05, 3.63) is 134 Å². The fourth-order valence-corrected chi connectivity index (χ4v) is 8.15. The Kier molecular flexibility index (Phi) is 9.15. The van der Waals surface area contributed by atoms with Gasteiger partial charge in [-0.3, -0.25) is 14.5 Å². The van der Waals surface area contributed by atoms with Gasteiger partial charge < -0.3 is 14.6 Å². The lowest BCUT2D eigenvalue weighted by atomic mass is 9.94. The first-order valence-electron chi connectivity index (χ1n) is 15.0. The predicted octanol–water partition coefficient (Wildman–Crippen LogP) is 8.67. The molecule has 2 aliphatic heterocycles. The summed E-state index contributed by atoms with van der Waals surface area (Å²) in [6, 6.07) is 26.5. The molecular weight excluding hydrogens is 689 g/mol. The molecule has 1 amide bonds. The molecule has 8 nitrogen and oxygen atoms in total. The number of carbonyl (C=O) groups is 2. The third-order valence-corrected chi connectivity index (χ3v) is 10.7. The molecule has 4 aromatic carbocycles. The minimum atomic E-state index is -0.995. The Hall–Kier alpha value is -4.35. The molecular formula is C36H27Cl2N3O5S2. The van der Waals surface area contributed by atoms with E-state index < -0.39 is 17.7 Å². The Labute approximate surface area is 294 Å². The van der Waals surface area contributed by atoms with Gasteiger partial charge in [-0.1, -0.05) is 94.8 Å². The molecule has 3 heterocycles. The first-order valence-corrected chi connectivity index (χ1v) is 17.6. The summed E-state index contributed by atoms with van der Waals surface area (Å²) in [6.07, 6.45) is 0.670. The normalized spacial score (nSPS) is 18.2. The van der Waals surface area contributed by atoms with Gasteiger partial charge in [0, 0.05) is 27.8 Å². The molecule has 1 aromatic heterocycles. The topological polar surface area (TPSA) is 102 Å². The Balaban J connectivity index is 1.25. The SMILES string of the molecule is C[C@H]1Cc2cc(C(O)=C3C(=O)C(=O)N(c4nnc(SCc5ccc(Cl)cc5Cl)s4)[C@@H]3c3cccc(OCc4ccccc4)c3)ccc2O1. The second-order valence-electron chi connectivity index (χ2n) is 11.3. The molecule has 0 bridgehead atoms. The second-order valence-corrected chi connectivity index (χ2v) is 14.4. The third-order valence-electron chi connectivity index (χ3n) is 8.00. The highest BCUT2D eigenvalue weighted by atomic mass is 35.5. The maximum Gasteiger partial charge on any atom is 0.301 e. The fraction of sp³-hybridized carbons (Fsp3) is 0.167. The van der Waals surface area contributed by atoms with Gasteiger partial charge in [0.15, 0.2) is 4.34 Å². The van der Waals surface area contributed by atoms with Crippen LogP contribution in [-0.4, -0.2) is 33.1 Å². The highest BCUT2D eigenvalue weighted by Crippen LogP contribution is 2.45. The van der Waals surface area contributed by atoms with E-state index in [4.69, 9.17) is 32.7 Å². The number of aliphatic hydroxyl groups excluding tert-OH is 1. The summed E-state index contributed by atoms with van der Waals surface area (Å²) in [7, 11) is 0. The number of amides is 1. The van der Waals surface area contributed by atoms with Gasteiger partial charge in [0.2, 0.25) is 5.13 Å². The lowest BCUT2D eigenvalue weighted by Crippen LogP contribution is -2.29. The molecule has 0 spiro atoms. The first-order chi connectivity index (χ1) is 23.2. The summed E-state index contributed by atoms with van der Waals surface area (Å²) in [4.78, 5) is 28.9. The van der Waals surface area contributed by atoms with E-state index in [0.717, 1.165) is 22.4 Å². The second kappa shape index (κ2) is 13.6. The number of ether oxygens (including phenoxy) is 2. The van der Waals surface area contributed by atoms with Gasteiger partial charge >= 0.3 is 5.91 Å². The number of hydrogen-bond donors (Lipinski definition) is 1. The zero-order valence-corrected chi connectivity index (χ0v) is 28.6. The number of rotatable bonds is 9. The molecule has 1 N–H and O–H groups in total. The number of thioether (sulfide) groups is 1. The molecule has 48 heavy (non-hydrogen) atoms. The quantitative estimate of drug-likeness (QED) is 0.0532. The average Bonchev–Trinajstić information content (AvgIpc) is 3.78. The number of fused-ring (bicyclic) bond motifs is 1. The van der Waals surface area contributed by atoms with Crippen LogP contribution in [0.15, 0.2) is 101 Å². The molecule has 12 heteroatoms. The summed E-state index contributed by atoms with van der Waals surface area (Å²) < 4.78 is 12.5. The van der Waals surface area contributed by atoms with Crippen LogP contribution in [0.25, 0.3) is 5.76 Å². The summed E-state index contributed by atoms with van der Waals surface area (Å²) in [5, 5.41) is 21.7. The van der Waals surface area contributed by atoms with Crippen LogP contribution < -0.4 is 14.4 Å². The lowest BCUT2D eigenvalue weighted by Gasteiger charge is -2.23. The van der Waals surface area contributed by atoms with E-state index >= 15 is 0 Å². The Morgan fingerprint density at radius 1 is 1.02 bits per heavy atom. The van der Waals surface area contributed by atoms with Gasteiger partial charge in [0.1, 0.15) is 30.0 Å². The summed E-state index contributed by atoms with van der Waals surface area (Å²) >= 11 is 15.0. The van der Waals surface area contributed by atoms with Crippen LogP contribution in [-0.2, 0) is 28.4 Å². The van der Waals surface area contributed by atoms with Gasteiger partial charge in [-0.05, 0) is 71.6 Å². The largest absolute Gasteiger partial charge is 0.507 e. The number of carbonyl (C=O) groups excluding carboxylic acids is 2. The molecule has 2 aliphatic rings. The number of halogens is 2. The van der Waals surface area contributed by atoms with Crippen LogP contribution in [0.1, 0.15) is 40.8 Å². The van der Waals surface area contributed by atoms with Crippen LogP contribution in [0.3, 0.4) is 0 Å². The average molecular weight is 717 g/mol. The molecule has 2 atom stereocenters. The monoisotopic (exact) mass is 715 g/mol. The van der Waals surface area contributed by atoms with E-state index in [-0.39, 0.29) is 22.6 Å². The summed E-state index contributed by atoms with van der Waals surface area (Å²) in [6.45, 7) is 2.30. The Bertz CT molecular complexity index is 2070. The minimum absolute atomic E-state index is 0.00166. The molecule has 0 saturated carbocycles. The lowest BCUT2D eigenvalue weighted by molar-refractivity contribution is -0.132. The predicted molar refractivity (Wildman–Crippen MR) is 188 cm³/mol. The highest BCUT2D eigenvalue weighted by Gasteiger charge is 2.48. The van der Waals surface area contributed by atoms with E-state index in [2.05, 4.69) is 10.2 Å². The van der Waals surface area contributed by atoms with E-state index in [1.54, 1.807) is 48.5 Å². The summed E-state index contributed by atoms with van der Waals surface area (Å²) in [5.74, 6) is -0.152. The number of anilines is 1. The van der Waals surface area contributed by atoms with Crippen molar-refractivity contribution in [2.45, 2.75) is 42.2 Å². The highest BCUT2D eigenvalue weighted by molar-refractivity contribution is 8.00. The maximum absolute atomic E-state index is 13.8. The molecule has 1 saturated heterocycles. The van der Waals surface area contributed by atoms with Gasteiger partial charge in [-0.15, -0.1) is 10.2 Å². The van der Waals surface area contributed by atoms with Gasteiger partial charge in [-0.25, -0.2) is 0 Å². The van der Waals surface area contributed by atoms with Gasteiger partial charge in [0.05, 0.1) is 11.6 Å². The van der Waals surface area contributed by atoms with Crippen molar-refractivity contribution in [2.24, 2.45) is 0 Å². The fourth-order valence-electron chi connectivity index (χ4n) is 5.72. The van der Waals surface area contributed by atoms with Crippen molar-refractivity contribution in [1.29, 1.82) is 0 Å². The number of ketones is 1. The number of aromatic nitrogens is 2. The molecule has 5 aromatic rings. The standard InChI is InChI=1S/C36H27Cl2N3O5S2/c1-20-14-25-15-23(11-13-29(25)46-20)32(42)30-31(22-8-5-9-27(16-22)45-18-21-6-3-2-4-7-21)41(34(44)33(30)43)35-39-40-36(48-35)47-19-24-10-12-26(37)17-28(24)38/h2-13,15-17,20,31,42H,14,18-19H2,1H3/t20-,31+/m0/s1. The number of benzene rings is 4. The van der Waals surface area contributed by atoms with E-state index in [1.807, 2.05) is 49.4 Å². The number of aliphatic hydroxyl groups is 1. The molecule has 1 fully saturated rings. The molecule has 0 aliphatic carbocycles. The Morgan fingerprint density at radius 2 is 1.85 bits per heavy atom. The van der Waals surface area contributed by atoms with Crippen molar-refractivity contribution in [2.75, 3.05) is 4.90 Å². The van der Waals surface area contributed by atoms with Gasteiger partial charge in [0.25, 0.3) is 5.78 Å². The van der Waals surface area contributed by atoms with Crippen molar-refractivity contribution in [3.8, 4) is 11.5 Å². The number of hydrogen-bond acceptors (Lipinski definition) is 9. The first kappa shape index (κ1) is 32.2. The van der Waals surface area contributed by atoms with Crippen LogP contribution in [0.4, 0.5) is 5.13 Å². The van der Waals surface area contributed by atoms with Gasteiger partial charge in [-0.2, -0.15) is 0 Å². The van der Waals surface area contributed by atoms with Crippen LogP contribution in [0.5, 0.6) is 11.5 Å². The maximum atomic E-state index is 13.8. The van der Waals surface area contributed by atoms with Crippen molar-refractivity contribution in [3.63, 3.8) is 0 Å². The van der Waals surface area contributed by atoms with E-state index in [9.17, 15) is 14.7 Å². The number of nitrogens with zero attached hydrogens (tertiary/aromatic N) is 3.